The van der Waals surface area contributed by atoms with Gasteiger partial charge in [0.15, 0.2) is 0 Å². The van der Waals surface area contributed by atoms with Crippen LogP contribution >= 0.6 is 0 Å². The molecule has 0 unspecified atom stereocenters. The van der Waals surface area contributed by atoms with Gasteiger partial charge in [0.05, 0.1) is 28.1 Å². The average Bonchev–Trinajstić information content (AvgIpc) is 0.735. The molecule has 4 aliphatic heterocycles. The van der Waals surface area contributed by atoms with Gasteiger partial charge >= 0.3 is 0 Å². The lowest BCUT2D eigenvalue weighted by Gasteiger charge is -2.57. The molecule has 2 saturated heterocycles. The maximum Gasteiger partial charge on any atom is 0.252 e. The summed E-state index contributed by atoms with van der Waals surface area (Å²) in [7, 11) is 0. The highest BCUT2D eigenvalue weighted by atomic mass is 15.2. The minimum atomic E-state index is -0.205. The molecule has 5 heteroatoms. The van der Waals surface area contributed by atoms with E-state index >= 15 is 0 Å². The van der Waals surface area contributed by atoms with Gasteiger partial charge in [-0.05, 0) is 183 Å². The molecule has 2 saturated carbocycles. The van der Waals surface area contributed by atoms with E-state index in [1.54, 1.807) is 0 Å². The van der Waals surface area contributed by atoms with Crippen molar-refractivity contribution in [2.45, 2.75) is 44.2 Å². The molecule has 1 aromatic heterocycles. The second kappa shape index (κ2) is 23.0. The minimum absolute atomic E-state index is 0.205. The van der Waals surface area contributed by atoms with Crippen LogP contribution in [0.2, 0.25) is 0 Å². The highest BCUT2D eigenvalue weighted by molar-refractivity contribution is 7.00. The predicted octanol–water partition coefficient (Wildman–Crippen LogP) is 22.3. The van der Waals surface area contributed by atoms with Crippen LogP contribution in [0, 0.1) is 11.8 Å². The smallest absolute Gasteiger partial charge is 0.252 e. The summed E-state index contributed by atoms with van der Waals surface area (Å²) in [4.78, 5) is 8.40. The molecule has 98 heavy (non-hydrogen) atoms. The van der Waals surface area contributed by atoms with Crippen molar-refractivity contribution in [3.8, 4) is 83.6 Å². The number of fused-ring (bicyclic) bond motifs is 7. The van der Waals surface area contributed by atoms with Crippen LogP contribution in [0.5, 0.6) is 0 Å². The van der Waals surface area contributed by atoms with Gasteiger partial charge in [0, 0.05) is 73.5 Å². The number of rotatable bonds is 11. The van der Waals surface area contributed by atoms with E-state index in [0.29, 0.717) is 12.1 Å². The SMILES string of the molecule is c1ccc(-c2ccc3c(c2)B2c4ccc(N5C6CC7CC(C6)CC5C7)cc4N(c4c(-c5ccccc5)cc(-c5ccccc5)cc4-c4ccccc4)c4cc(-n5c6ccccc6c6ccccc65)cc(c42)N3c2c(-c3ccccc3)cc(-c3ccccc3)cc2-c2ccccc2)cc1. The predicted molar refractivity (Wildman–Crippen MR) is 413 cm³/mol. The highest BCUT2D eigenvalue weighted by Gasteiger charge is 2.49. The summed E-state index contributed by atoms with van der Waals surface area (Å²) in [6.07, 6.45) is 6.49. The summed E-state index contributed by atoms with van der Waals surface area (Å²) in [5, 5.41) is 2.45. The topological polar surface area (TPSA) is 14.7 Å². The Morgan fingerprint density at radius 2 is 0.622 bits per heavy atom. The summed E-state index contributed by atoms with van der Waals surface area (Å²) >= 11 is 0. The Morgan fingerprint density at radius 3 is 1.05 bits per heavy atom. The minimum Gasteiger partial charge on any atom is -0.365 e. The molecule has 0 spiro atoms. The fourth-order valence-corrected chi connectivity index (χ4v) is 18.4. The van der Waals surface area contributed by atoms with E-state index in [9.17, 15) is 0 Å². The van der Waals surface area contributed by atoms with Gasteiger partial charge in [0.25, 0.3) is 6.71 Å². The normalized spacial score (nSPS) is 17.1. The van der Waals surface area contributed by atoms with Gasteiger partial charge in [-0.2, -0.15) is 0 Å². The molecule has 0 N–H and O–H groups in total. The largest absolute Gasteiger partial charge is 0.365 e. The molecule has 4 bridgehead atoms. The van der Waals surface area contributed by atoms with E-state index in [1.165, 1.54) is 110 Å². The monoisotopic (exact) mass is 1250 g/mol. The van der Waals surface area contributed by atoms with Crippen molar-refractivity contribution in [2.75, 3.05) is 14.7 Å². The third kappa shape index (κ3) is 9.20. The van der Waals surface area contributed by atoms with Crippen LogP contribution in [0.25, 0.3) is 105 Å². The van der Waals surface area contributed by atoms with Crippen molar-refractivity contribution in [2.24, 2.45) is 11.8 Å². The Labute approximate surface area is 573 Å². The zero-order valence-electron chi connectivity index (χ0n) is 54.5. The van der Waals surface area contributed by atoms with E-state index in [4.69, 9.17) is 0 Å². The fourth-order valence-electron chi connectivity index (χ4n) is 18.4. The Kier molecular flexibility index (Phi) is 13.3. The van der Waals surface area contributed by atoms with E-state index in [0.717, 1.165) is 95.9 Å². The van der Waals surface area contributed by atoms with Crippen molar-refractivity contribution in [1.29, 1.82) is 0 Å². The van der Waals surface area contributed by atoms with Crippen LogP contribution in [0.4, 0.5) is 39.8 Å². The number of piperidine rings is 2. The molecule has 4 nitrogen and oxygen atoms in total. The molecule has 2 aliphatic carbocycles. The standard InChI is InChI=1S/C93H69BN4/c1-8-26-63(27-9-1)70-44-47-87-84(57-70)94-83-46-45-73(95-74-49-61-48-62(51-74)52-75(95)50-61)58-88(83)98(93-81(68-36-18-6-19-37-68)55-72(65-30-12-3-13-31-65)56-82(93)69-38-20-7-21-39-69)90-60-76(96-85-42-24-22-40-77(85)78-41-23-25-43-86(78)96)59-89(91(90)94)97(87)92-79(66-32-14-4-15-33-66)53-71(64-28-10-2-11-29-64)54-80(92)67-34-16-5-17-35-67/h1-47,53-62,74-75H,48-52H2. The quantitative estimate of drug-likeness (QED) is 0.120. The number of hydrogen-bond acceptors (Lipinski definition) is 3. The number of para-hydroxylation sites is 2. The van der Waals surface area contributed by atoms with Crippen LogP contribution < -0.4 is 31.1 Å². The zero-order chi connectivity index (χ0) is 64.4. The van der Waals surface area contributed by atoms with E-state index in [1.807, 2.05) is 0 Å². The van der Waals surface area contributed by atoms with E-state index in [-0.39, 0.29) is 6.71 Å². The second-order valence-corrected chi connectivity index (χ2v) is 27.9. The van der Waals surface area contributed by atoms with Gasteiger partial charge in [-0.15, -0.1) is 0 Å². The molecule has 21 rings (SSSR count). The van der Waals surface area contributed by atoms with Crippen LogP contribution in [0.3, 0.4) is 0 Å². The second-order valence-electron chi connectivity index (χ2n) is 27.9. The molecule has 14 aromatic carbocycles. The number of aromatic nitrogens is 1. The van der Waals surface area contributed by atoms with Crippen molar-refractivity contribution >= 4 is 84.7 Å². The van der Waals surface area contributed by atoms with Crippen LogP contribution in [-0.2, 0) is 0 Å². The van der Waals surface area contributed by atoms with Crippen molar-refractivity contribution in [1.82, 2.24) is 4.57 Å². The lowest BCUT2D eigenvalue weighted by Crippen LogP contribution is -2.62. The summed E-state index contributed by atoms with van der Waals surface area (Å²) in [6, 6.07) is 127. The zero-order valence-corrected chi connectivity index (χ0v) is 54.5. The van der Waals surface area contributed by atoms with Gasteiger partial charge < -0.3 is 19.3 Å². The van der Waals surface area contributed by atoms with E-state index in [2.05, 4.69) is 353 Å². The van der Waals surface area contributed by atoms with Crippen LogP contribution in [0.1, 0.15) is 32.1 Å². The maximum absolute atomic E-state index is 2.91. The van der Waals surface area contributed by atoms with Crippen molar-refractivity contribution < 1.29 is 0 Å². The first kappa shape index (κ1) is 56.7. The number of nitrogens with zero attached hydrogens (tertiary/aromatic N) is 4. The number of benzene rings is 14. The highest BCUT2D eigenvalue weighted by Crippen LogP contribution is 2.57. The van der Waals surface area contributed by atoms with Gasteiger partial charge in [-0.25, -0.2) is 0 Å². The molecule has 15 aromatic rings. The van der Waals surface area contributed by atoms with Crippen LogP contribution in [-0.4, -0.2) is 23.4 Å². The molecular formula is C93H69BN4. The van der Waals surface area contributed by atoms with Gasteiger partial charge in [-0.3, -0.25) is 0 Å². The molecule has 4 fully saturated rings. The van der Waals surface area contributed by atoms with Gasteiger partial charge in [0.2, 0.25) is 0 Å². The van der Waals surface area contributed by atoms with Crippen molar-refractivity contribution in [3.63, 3.8) is 0 Å². The third-order valence-electron chi connectivity index (χ3n) is 22.4. The number of hydrogen-bond donors (Lipinski definition) is 0. The Bertz CT molecular complexity index is 5380. The van der Waals surface area contributed by atoms with Crippen molar-refractivity contribution in [3.05, 3.63) is 334 Å². The first-order valence-electron chi connectivity index (χ1n) is 35.2. The number of anilines is 7. The summed E-state index contributed by atoms with van der Waals surface area (Å²) < 4.78 is 2.57. The fraction of sp³-hybridized carbons (Fsp3) is 0.0968. The van der Waals surface area contributed by atoms with Crippen LogP contribution in [0.15, 0.2) is 334 Å². The molecule has 0 atom stereocenters. The summed E-state index contributed by atoms with van der Waals surface area (Å²) in [5.74, 6) is 1.63. The lowest BCUT2D eigenvalue weighted by molar-refractivity contribution is 0.0900. The Morgan fingerprint density at radius 1 is 0.255 bits per heavy atom. The summed E-state index contributed by atoms with van der Waals surface area (Å²) in [5.41, 5.74) is 31.8. The average molecular weight is 1250 g/mol. The van der Waals surface area contributed by atoms with E-state index < -0.39 is 0 Å². The third-order valence-corrected chi connectivity index (χ3v) is 22.4. The summed E-state index contributed by atoms with van der Waals surface area (Å²) in [6.45, 7) is -0.205. The first-order chi connectivity index (χ1) is 48.6. The van der Waals surface area contributed by atoms with Gasteiger partial charge in [-0.1, -0.05) is 267 Å². The molecule has 5 heterocycles. The molecule has 6 aliphatic rings. The molecule has 0 amide bonds. The molecular weight excluding hydrogens is 1180 g/mol. The lowest BCUT2D eigenvalue weighted by atomic mass is 9.33. The van der Waals surface area contributed by atoms with Gasteiger partial charge in [0.1, 0.15) is 0 Å². The molecule has 464 valence electrons. The Balaban J connectivity index is 0.978. The first-order valence-corrected chi connectivity index (χ1v) is 35.2. The molecule has 0 radical (unpaired) electrons. The Hall–Kier alpha value is -11.7. The maximum atomic E-state index is 2.91.